The van der Waals surface area contributed by atoms with Crippen molar-refractivity contribution < 1.29 is 33.8 Å². The number of alkyl carbamates (subject to hydrolysis) is 1. The molecule has 0 radical (unpaired) electrons. The number of aldehydes is 1. The molecular formula is C40H64N2O7. The van der Waals surface area contributed by atoms with Crippen molar-refractivity contribution >= 4 is 24.1 Å². The van der Waals surface area contributed by atoms with Crippen LogP contribution >= 0.6 is 0 Å². The van der Waals surface area contributed by atoms with E-state index in [1.165, 1.54) is 5.57 Å². The van der Waals surface area contributed by atoms with Crippen molar-refractivity contribution in [1.29, 1.82) is 0 Å². The second-order valence-electron chi connectivity index (χ2n) is 18.8. The number of aliphatic hydroxyl groups excluding tert-OH is 1. The summed E-state index contributed by atoms with van der Waals surface area (Å²) in [5.41, 5.74) is 6.66. The summed E-state index contributed by atoms with van der Waals surface area (Å²) in [5, 5.41) is 10.3. The van der Waals surface area contributed by atoms with Gasteiger partial charge < -0.3 is 30.4 Å². The molecule has 4 N–H and O–H groups in total. The average molecular weight is 685 g/mol. The summed E-state index contributed by atoms with van der Waals surface area (Å²) in [6, 6.07) is 0. The number of nitrogens with one attached hydrogen (secondary N) is 1. The lowest BCUT2D eigenvalue weighted by Gasteiger charge is -2.68. The molecule has 6 rings (SSSR count). The number of hydrogen-bond donors (Lipinski definition) is 3. The van der Waals surface area contributed by atoms with Crippen LogP contribution in [0.5, 0.6) is 0 Å². The molecule has 0 spiro atoms. The van der Waals surface area contributed by atoms with Crippen LogP contribution in [0.2, 0.25) is 0 Å². The first-order valence-electron chi connectivity index (χ1n) is 18.9. The van der Waals surface area contributed by atoms with E-state index >= 15 is 0 Å². The highest BCUT2D eigenvalue weighted by atomic mass is 16.6. The first-order chi connectivity index (χ1) is 22.8. The average Bonchev–Trinajstić information content (AvgIpc) is 3.68. The first-order valence-corrected chi connectivity index (χ1v) is 18.9. The zero-order chi connectivity index (χ0) is 36.4. The van der Waals surface area contributed by atoms with Gasteiger partial charge in [-0.25, -0.2) is 4.79 Å². The molecular weight excluding hydrogens is 620 g/mol. The minimum Gasteiger partial charge on any atom is -0.462 e. The summed E-state index contributed by atoms with van der Waals surface area (Å²) in [6.07, 6.45) is 10.3. The molecule has 0 bridgehead atoms. The standard InChI is InChI=1S/C39H60N2O6.CH4O/c1-23(2)31-26(43)19-39(41-33(45)46-22-38(40)17-18-38)16-11-25-24(32(31)39)9-10-28-36(25,7)14-12-27-35(5,6)29(13-15-37(27,28)8)47-30(44)20-34(3,4)21-42;1-2/h21,23-25,27-29H,9-20,22,40H2,1-8H3,(H,41,45);2H,1H3. The molecule has 0 aliphatic heterocycles. The number of esters is 1. The number of carbonyl (C=O) groups excluding carboxylic acids is 4. The van der Waals surface area contributed by atoms with E-state index in [2.05, 4.69) is 46.9 Å². The molecule has 0 aromatic heterocycles. The number of aliphatic hydroxyl groups is 1. The van der Waals surface area contributed by atoms with Crippen LogP contribution < -0.4 is 11.1 Å². The van der Waals surface area contributed by atoms with Crippen LogP contribution in [-0.2, 0) is 23.9 Å². The van der Waals surface area contributed by atoms with Crippen molar-refractivity contribution in [2.75, 3.05) is 13.7 Å². The minimum absolute atomic E-state index is 0.101. The number of fused-ring (bicyclic) bond motifs is 7. The molecule has 5 saturated carbocycles. The van der Waals surface area contributed by atoms with Gasteiger partial charge in [-0.2, -0.15) is 0 Å². The third-order valence-corrected chi connectivity index (χ3v) is 14.4. The van der Waals surface area contributed by atoms with Crippen LogP contribution in [0.1, 0.15) is 132 Å². The van der Waals surface area contributed by atoms with Gasteiger partial charge >= 0.3 is 12.1 Å². The predicted molar refractivity (Wildman–Crippen MR) is 188 cm³/mol. The molecule has 9 nitrogen and oxygen atoms in total. The summed E-state index contributed by atoms with van der Waals surface area (Å²) in [6.45, 7) is 17.7. The Bertz CT molecular complexity index is 1360. The number of carbonyl (C=O) groups is 4. The Hall–Kier alpha value is -2.26. The van der Waals surface area contributed by atoms with Gasteiger partial charge in [-0.05, 0) is 116 Å². The number of hydrogen-bond acceptors (Lipinski definition) is 8. The van der Waals surface area contributed by atoms with E-state index in [-0.39, 0.29) is 64.5 Å². The summed E-state index contributed by atoms with van der Waals surface area (Å²) < 4.78 is 11.8. The van der Waals surface area contributed by atoms with Gasteiger partial charge in [-0.15, -0.1) is 0 Å². The van der Waals surface area contributed by atoms with E-state index in [9.17, 15) is 19.2 Å². The van der Waals surface area contributed by atoms with Crippen LogP contribution in [0, 0.1) is 51.2 Å². The number of ketones is 1. The van der Waals surface area contributed by atoms with Crippen molar-refractivity contribution in [2.24, 2.45) is 57.0 Å². The van der Waals surface area contributed by atoms with Crippen molar-refractivity contribution in [3.63, 3.8) is 0 Å². The molecule has 0 saturated heterocycles. The Labute approximate surface area is 294 Å². The topological polar surface area (TPSA) is 145 Å². The molecule has 1 amide bonds. The summed E-state index contributed by atoms with van der Waals surface area (Å²) in [5.74, 6) is 1.68. The SMILES string of the molecule is CC(C)C1=C2C3CCC4C(C)(CCC5C(C)(C)C(OC(=O)CC(C)(C)C=O)CCC54C)C3CCC2(NC(=O)OCC2(N)CC2)CC1=O.CO. The molecule has 8 atom stereocenters. The van der Waals surface area contributed by atoms with E-state index in [0.29, 0.717) is 24.2 Å². The number of ether oxygens (including phenoxy) is 2. The fourth-order valence-electron chi connectivity index (χ4n) is 12.0. The molecule has 5 fully saturated rings. The van der Waals surface area contributed by atoms with Crippen molar-refractivity contribution in [3.8, 4) is 0 Å². The van der Waals surface area contributed by atoms with Gasteiger partial charge in [0, 0.05) is 24.4 Å². The maximum absolute atomic E-state index is 13.7. The van der Waals surface area contributed by atoms with Crippen LogP contribution in [-0.4, -0.2) is 60.1 Å². The highest BCUT2D eigenvalue weighted by Crippen LogP contribution is 2.72. The Morgan fingerprint density at radius 3 is 2.22 bits per heavy atom. The maximum atomic E-state index is 13.7. The number of rotatable bonds is 8. The molecule has 6 aliphatic rings. The van der Waals surface area contributed by atoms with Crippen LogP contribution in [0.4, 0.5) is 4.79 Å². The molecule has 8 unspecified atom stereocenters. The van der Waals surface area contributed by atoms with E-state index < -0.39 is 17.0 Å². The van der Waals surface area contributed by atoms with Gasteiger partial charge in [-0.3, -0.25) is 9.59 Å². The van der Waals surface area contributed by atoms with E-state index in [4.69, 9.17) is 20.3 Å². The van der Waals surface area contributed by atoms with Crippen molar-refractivity contribution in [2.45, 2.75) is 150 Å². The lowest BCUT2D eigenvalue weighted by Crippen LogP contribution is -2.64. The molecule has 49 heavy (non-hydrogen) atoms. The zero-order valence-electron chi connectivity index (χ0n) is 31.7. The van der Waals surface area contributed by atoms with Crippen LogP contribution in [0.3, 0.4) is 0 Å². The van der Waals surface area contributed by atoms with Crippen LogP contribution in [0.15, 0.2) is 11.1 Å². The number of nitrogens with two attached hydrogens (primary N) is 1. The molecule has 0 aromatic carbocycles. The fraction of sp³-hybridized carbons (Fsp3) is 0.850. The van der Waals surface area contributed by atoms with Crippen molar-refractivity contribution in [3.05, 3.63) is 11.1 Å². The lowest BCUT2D eigenvalue weighted by atomic mass is 9.37. The smallest absolute Gasteiger partial charge is 0.407 e. The summed E-state index contributed by atoms with van der Waals surface area (Å²) >= 11 is 0. The lowest BCUT2D eigenvalue weighted by molar-refractivity contribution is -0.213. The largest absolute Gasteiger partial charge is 0.462 e. The fourth-order valence-corrected chi connectivity index (χ4v) is 12.0. The van der Waals surface area contributed by atoms with Crippen molar-refractivity contribution in [1.82, 2.24) is 5.32 Å². The number of amides is 1. The predicted octanol–water partition coefficient (Wildman–Crippen LogP) is 6.68. The third-order valence-electron chi connectivity index (χ3n) is 14.4. The second kappa shape index (κ2) is 13.1. The van der Waals surface area contributed by atoms with E-state index in [1.807, 2.05) is 0 Å². The Kier molecular flexibility index (Phi) is 10.1. The van der Waals surface area contributed by atoms with Gasteiger partial charge in [0.15, 0.2) is 5.78 Å². The van der Waals surface area contributed by atoms with Gasteiger partial charge in [0.1, 0.15) is 19.0 Å². The van der Waals surface area contributed by atoms with E-state index in [1.54, 1.807) is 13.8 Å². The molecule has 9 heteroatoms. The summed E-state index contributed by atoms with van der Waals surface area (Å²) in [7, 11) is 1.00. The van der Waals surface area contributed by atoms with Crippen LogP contribution in [0.25, 0.3) is 0 Å². The van der Waals surface area contributed by atoms with Gasteiger partial charge in [0.05, 0.1) is 17.5 Å². The van der Waals surface area contributed by atoms with Gasteiger partial charge in [0.25, 0.3) is 0 Å². The van der Waals surface area contributed by atoms with Gasteiger partial charge in [-0.1, -0.05) is 55.4 Å². The molecule has 0 heterocycles. The number of Topliss-reactive ketones (excluding diaryl/α,β-unsaturated/α-hetero) is 1. The first kappa shape index (κ1) is 38.0. The molecule has 276 valence electrons. The highest BCUT2D eigenvalue weighted by molar-refractivity contribution is 6.02. The van der Waals surface area contributed by atoms with Gasteiger partial charge in [0.2, 0.25) is 0 Å². The van der Waals surface area contributed by atoms with E-state index in [0.717, 1.165) is 83.2 Å². The molecule has 6 aliphatic carbocycles. The monoisotopic (exact) mass is 684 g/mol. The Morgan fingerprint density at radius 1 is 0.959 bits per heavy atom. The highest BCUT2D eigenvalue weighted by Gasteiger charge is 2.67. The third kappa shape index (κ3) is 6.53. The quantitative estimate of drug-likeness (QED) is 0.190. The summed E-state index contributed by atoms with van der Waals surface area (Å²) in [4.78, 5) is 51.4. The Balaban J connectivity index is 0.00000230. The maximum Gasteiger partial charge on any atom is 0.407 e. The number of allylic oxidation sites excluding steroid dienone is 1. The normalized spacial score (nSPS) is 38.5. The zero-order valence-corrected chi connectivity index (χ0v) is 31.7. The minimum atomic E-state index is -0.720. The second-order valence-corrected chi connectivity index (χ2v) is 18.8. The molecule has 0 aromatic rings. The Morgan fingerprint density at radius 2 is 1.61 bits per heavy atom.